The lowest BCUT2D eigenvalue weighted by molar-refractivity contribution is 0.414. The van der Waals surface area contributed by atoms with Gasteiger partial charge >= 0.3 is 0 Å². The number of aromatic nitrogens is 2. The number of hydrogen-bond acceptors (Lipinski definition) is 3. The van der Waals surface area contributed by atoms with E-state index in [1.165, 1.54) is 0 Å². The highest BCUT2D eigenvalue weighted by Gasteiger charge is 2.42. The minimum absolute atomic E-state index is 0.125. The van der Waals surface area contributed by atoms with Gasteiger partial charge in [0.2, 0.25) is 0 Å². The highest BCUT2D eigenvalue weighted by Crippen LogP contribution is 2.42. The molecule has 4 aromatic rings. The van der Waals surface area contributed by atoms with Gasteiger partial charge in [-0.25, -0.2) is 0 Å². The van der Waals surface area contributed by atoms with Crippen LogP contribution in [-0.4, -0.2) is 21.8 Å². The third kappa shape index (κ3) is 3.72. The van der Waals surface area contributed by atoms with Crippen LogP contribution in [0.1, 0.15) is 23.5 Å². The summed E-state index contributed by atoms with van der Waals surface area (Å²) in [5.74, 6) is 0.804. The molecule has 0 saturated carbocycles. The lowest BCUT2D eigenvalue weighted by Crippen LogP contribution is -2.30. The Morgan fingerprint density at radius 3 is 2.56 bits per heavy atom. The van der Waals surface area contributed by atoms with Crippen LogP contribution < -0.4 is 15.0 Å². The number of nitrogens with one attached hydrogen (secondary N) is 1. The first-order valence-corrected chi connectivity index (χ1v) is 11.0. The molecular weight excluding hydrogens is 440 g/mol. The van der Waals surface area contributed by atoms with Crippen molar-refractivity contribution in [1.82, 2.24) is 14.9 Å². The Hall–Kier alpha value is -3.35. The van der Waals surface area contributed by atoms with Crippen molar-refractivity contribution in [3.8, 4) is 11.4 Å². The van der Waals surface area contributed by atoms with Crippen molar-refractivity contribution in [2.75, 3.05) is 12.0 Å². The van der Waals surface area contributed by atoms with E-state index < -0.39 is 0 Å². The van der Waals surface area contributed by atoms with Gasteiger partial charge in [0.05, 0.1) is 18.8 Å². The molecule has 0 aliphatic carbocycles. The van der Waals surface area contributed by atoms with E-state index in [0.717, 1.165) is 28.5 Å². The van der Waals surface area contributed by atoms with Gasteiger partial charge in [-0.05, 0) is 72.9 Å². The third-order valence-electron chi connectivity index (χ3n) is 5.62. The van der Waals surface area contributed by atoms with E-state index in [1.807, 2.05) is 72.9 Å². The largest absolute Gasteiger partial charge is 0.497 e. The Labute approximate surface area is 197 Å². The fraction of sp³-hybridized carbons (Fsp3) is 0.120. The minimum atomic E-state index is -0.126. The Morgan fingerprint density at radius 1 is 0.969 bits per heavy atom. The average molecular weight is 461 g/mol. The molecule has 1 aliphatic heterocycles. The predicted octanol–water partition coefficient (Wildman–Crippen LogP) is 5.71. The molecule has 0 radical (unpaired) electrons. The van der Waals surface area contributed by atoms with Crippen LogP contribution in [0, 0.1) is 0 Å². The highest BCUT2D eigenvalue weighted by molar-refractivity contribution is 7.80. The van der Waals surface area contributed by atoms with Crippen molar-refractivity contribution < 1.29 is 4.74 Å². The van der Waals surface area contributed by atoms with E-state index in [9.17, 15) is 0 Å². The monoisotopic (exact) mass is 460 g/mol. The molecule has 0 amide bonds. The van der Waals surface area contributed by atoms with Crippen LogP contribution >= 0.6 is 23.8 Å². The smallest absolute Gasteiger partial charge is 0.174 e. The molecule has 2 aromatic carbocycles. The van der Waals surface area contributed by atoms with Crippen molar-refractivity contribution in [3.63, 3.8) is 0 Å². The van der Waals surface area contributed by atoms with Gasteiger partial charge in [-0.1, -0.05) is 23.7 Å². The van der Waals surface area contributed by atoms with Gasteiger partial charge in [0.1, 0.15) is 11.8 Å². The number of hydrogen-bond donors (Lipinski definition) is 1. The van der Waals surface area contributed by atoms with Crippen LogP contribution in [0.3, 0.4) is 0 Å². The molecule has 2 atom stereocenters. The normalized spacial score (nSPS) is 17.9. The van der Waals surface area contributed by atoms with Crippen LogP contribution in [0.15, 0.2) is 91.3 Å². The van der Waals surface area contributed by atoms with E-state index in [2.05, 4.69) is 38.1 Å². The molecule has 0 bridgehead atoms. The standard InChI is InChI=1S/C25H21ClN4OS/c1-31-20-7-4-6-19(16-20)29-15-5-9-22(29)24-23(21-8-2-3-14-27-21)28-25(32)30(24)18-12-10-17(26)11-13-18/h2-16,23-24H,1H3,(H,28,32). The molecule has 2 unspecified atom stereocenters. The fourth-order valence-electron chi connectivity index (χ4n) is 4.17. The molecule has 2 aromatic heterocycles. The van der Waals surface area contributed by atoms with Gasteiger partial charge in [0.25, 0.3) is 0 Å². The molecule has 160 valence electrons. The third-order valence-corrected chi connectivity index (χ3v) is 6.18. The summed E-state index contributed by atoms with van der Waals surface area (Å²) >= 11 is 12.0. The van der Waals surface area contributed by atoms with E-state index in [1.54, 1.807) is 7.11 Å². The van der Waals surface area contributed by atoms with E-state index in [0.29, 0.717) is 10.1 Å². The number of ether oxygens (including phenoxy) is 1. The van der Waals surface area contributed by atoms with Crippen molar-refractivity contribution in [2.45, 2.75) is 12.1 Å². The van der Waals surface area contributed by atoms with Crippen molar-refractivity contribution >= 4 is 34.6 Å². The van der Waals surface area contributed by atoms with Gasteiger partial charge in [-0.2, -0.15) is 0 Å². The summed E-state index contributed by atoms with van der Waals surface area (Å²) in [4.78, 5) is 6.76. The molecule has 1 N–H and O–H groups in total. The maximum atomic E-state index is 6.16. The summed E-state index contributed by atoms with van der Waals surface area (Å²) in [7, 11) is 1.67. The molecular formula is C25H21ClN4OS. The summed E-state index contributed by atoms with van der Waals surface area (Å²) < 4.78 is 7.62. The molecule has 5 nitrogen and oxygen atoms in total. The van der Waals surface area contributed by atoms with Crippen molar-refractivity contribution in [3.05, 3.63) is 108 Å². The number of methoxy groups -OCH3 is 1. The van der Waals surface area contributed by atoms with Crippen LogP contribution in [0.4, 0.5) is 5.69 Å². The first-order valence-electron chi connectivity index (χ1n) is 10.2. The summed E-state index contributed by atoms with van der Waals surface area (Å²) in [6, 6.07) is 25.6. The summed E-state index contributed by atoms with van der Waals surface area (Å²) in [5.41, 5.74) is 3.98. The average Bonchev–Trinajstić information content (AvgIpc) is 3.44. The zero-order chi connectivity index (χ0) is 22.1. The number of nitrogens with zero attached hydrogens (tertiary/aromatic N) is 3. The molecule has 1 saturated heterocycles. The van der Waals surface area contributed by atoms with Gasteiger partial charge in [-0.3, -0.25) is 4.98 Å². The Kier molecular flexibility index (Phi) is 5.55. The lowest BCUT2D eigenvalue weighted by Gasteiger charge is -2.29. The second kappa shape index (κ2) is 8.65. The first-order chi connectivity index (χ1) is 15.7. The van der Waals surface area contributed by atoms with Gasteiger partial charge in [-0.15, -0.1) is 0 Å². The van der Waals surface area contributed by atoms with E-state index >= 15 is 0 Å². The van der Waals surface area contributed by atoms with Crippen molar-refractivity contribution in [2.24, 2.45) is 0 Å². The molecule has 32 heavy (non-hydrogen) atoms. The number of pyridine rings is 1. The van der Waals surface area contributed by atoms with Gasteiger partial charge < -0.3 is 19.5 Å². The number of anilines is 1. The topological polar surface area (TPSA) is 42.3 Å². The molecule has 3 heterocycles. The van der Waals surface area contributed by atoms with E-state index in [-0.39, 0.29) is 12.1 Å². The van der Waals surface area contributed by atoms with Gasteiger partial charge in [0, 0.05) is 40.6 Å². The SMILES string of the molecule is COc1cccc(-n2cccc2C2C(c3ccccn3)NC(=S)N2c2ccc(Cl)cc2)c1. The number of benzene rings is 2. The Balaban J connectivity index is 1.66. The number of thiocarbonyl (C=S) groups is 1. The zero-order valence-electron chi connectivity index (χ0n) is 17.4. The molecule has 1 aliphatic rings. The molecule has 5 rings (SSSR count). The molecule has 0 spiro atoms. The van der Waals surface area contributed by atoms with E-state index in [4.69, 9.17) is 28.6 Å². The van der Waals surface area contributed by atoms with Gasteiger partial charge in [0.15, 0.2) is 5.11 Å². The summed E-state index contributed by atoms with van der Waals surface area (Å²) in [5, 5.41) is 4.83. The van der Waals surface area contributed by atoms with Crippen LogP contribution in [-0.2, 0) is 0 Å². The quantitative estimate of drug-likeness (QED) is 0.386. The number of rotatable bonds is 5. The second-order valence-corrected chi connectivity index (χ2v) is 8.30. The first kappa shape index (κ1) is 20.5. The van der Waals surface area contributed by atoms with Crippen LogP contribution in [0.5, 0.6) is 5.75 Å². The van der Waals surface area contributed by atoms with Crippen LogP contribution in [0.25, 0.3) is 5.69 Å². The Morgan fingerprint density at radius 2 is 1.81 bits per heavy atom. The maximum absolute atomic E-state index is 6.16. The highest BCUT2D eigenvalue weighted by atomic mass is 35.5. The Bertz CT molecular complexity index is 1240. The summed E-state index contributed by atoms with van der Waals surface area (Å²) in [6.07, 6.45) is 3.87. The summed E-state index contributed by atoms with van der Waals surface area (Å²) in [6.45, 7) is 0. The minimum Gasteiger partial charge on any atom is -0.497 e. The van der Waals surface area contributed by atoms with Crippen LogP contribution in [0.2, 0.25) is 5.02 Å². The maximum Gasteiger partial charge on any atom is 0.174 e. The zero-order valence-corrected chi connectivity index (χ0v) is 18.9. The molecule has 7 heteroatoms. The predicted molar refractivity (Wildman–Crippen MR) is 132 cm³/mol. The number of halogens is 1. The lowest BCUT2D eigenvalue weighted by atomic mass is 10.0. The molecule has 1 fully saturated rings. The fourth-order valence-corrected chi connectivity index (χ4v) is 4.64. The second-order valence-electron chi connectivity index (χ2n) is 7.48. The van der Waals surface area contributed by atoms with Crippen molar-refractivity contribution in [1.29, 1.82) is 0 Å².